The van der Waals surface area contributed by atoms with E-state index >= 15 is 0 Å². The predicted molar refractivity (Wildman–Crippen MR) is 150 cm³/mol. The highest BCUT2D eigenvalue weighted by Gasteiger charge is 2.22. The first kappa shape index (κ1) is 28.4. The molecule has 1 aromatic heterocycles. The van der Waals surface area contributed by atoms with Gasteiger partial charge in [0, 0.05) is 30.8 Å². The van der Waals surface area contributed by atoms with E-state index in [2.05, 4.69) is 40.2 Å². The quantitative estimate of drug-likeness (QED) is 0.162. The Morgan fingerprint density at radius 1 is 0.821 bits per heavy atom. The molecule has 0 aliphatic rings. The first-order valence-electron chi connectivity index (χ1n) is 13.6. The minimum Gasteiger partial charge on any atom is -0.435 e. The summed E-state index contributed by atoms with van der Waals surface area (Å²) >= 11 is 0. The molecule has 0 unspecified atom stereocenters. The van der Waals surface area contributed by atoms with Gasteiger partial charge < -0.3 is 9.30 Å². The van der Waals surface area contributed by atoms with Crippen molar-refractivity contribution in [3.05, 3.63) is 95.9 Å². The molecule has 0 bridgehead atoms. The maximum absolute atomic E-state index is 13.8. The Balaban J connectivity index is 1.74. The largest absolute Gasteiger partial charge is 0.435 e. The van der Waals surface area contributed by atoms with Gasteiger partial charge in [0.15, 0.2) is 0 Å². The standard InChI is InChI=1S/C32H36F3N3O/c1-3-5-20-37(22-24-12-18-28(19-13-24)39-32(34)35)23-29-30(25-14-16-27(33)17-15-25)36-31(38(29)21-6-4-2)26-10-8-7-9-11-26/h7-19,32H,3-6,20-23H2,1-2H3. The van der Waals surface area contributed by atoms with Gasteiger partial charge in [0.1, 0.15) is 17.4 Å². The number of hydrogen-bond donors (Lipinski definition) is 0. The van der Waals surface area contributed by atoms with E-state index in [9.17, 15) is 13.2 Å². The highest BCUT2D eigenvalue weighted by molar-refractivity contribution is 5.68. The van der Waals surface area contributed by atoms with Gasteiger partial charge >= 0.3 is 6.61 Å². The van der Waals surface area contributed by atoms with Crippen molar-refractivity contribution in [3.63, 3.8) is 0 Å². The van der Waals surface area contributed by atoms with Crippen LogP contribution in [-0.2, 0) is 19.6 Å². The number of halogens is 3. The van der Waals surface area contributed by atoms with Crippen LogP contribution in [0.15, 0.2) is 78.9 Å². The van der Waals surface area contributed by atoms with E-state index in [1.807, 2.05) is 30.3 Å². The van der Waals surface area contributed by atoms with Gasteiger partial charge in [-0.1, -0.05) is 69.2 Å². The normalized spacial score (nSPS) is 11.5. The molecular weight excluding hydrogens is 499 g/mol. The number of benzene rings is 3. The number of hydrogen-bond acceptors (Lipinski definition) is 3. The van der Waals surface area contributed by atoms with Crippen LogP contribution in [0.1, 0.15) is 50.8 Å². The molecule has 0 spiro atoms. The molecule has 0 fully saturated rings. The third-order valence-corrected chi connectivity index (χ3v) is 6.71. The van der Waals surface area contributed by atoms with Gasteiger partial charge in [-0.05, 0) is 61.3 Å². The topological polar surface area (TPSA) is 30.3 Å². The Labute approximate surface area is 229 Å². The number of imidazole rings is 1. The van der Waals surface area contributed by atoms with Gasteiger partial charge in [-0.2, -0.15) is 8.78 Å². The van der Waals surface area contributed by atoms with E-state index in [0.717, 1.165) is 72.7 Å². The van der Waals surface area contributed by atoms with E-state index in [1.165, 1.54) is 12.1 Å². The molecule has 0 saturated heterocycles. The van der Waals surface area contributed by atoms with Gasteiger partial charge in [0.2, 0.25) is 0 Å². The molecule has 4 rings (SSSR count). The molecule has 39 heavy (non-hydrogen) atoms. The van der Waals surface area contributed by atoms with Crippen LogP contribution in [0.2, 0.25) is 0 Å². The Kier molecular flexibility index (Phi) is 10.2. The number of nitrogens with zero attached hydrogens (tertiary/aromatic N) is 3. The fourth-order valence-corrected chi connectivity index (χ4v) is 4.69. The lowest BCUT2D eigenvalue weighted by molar-refractivity contribution is -0.0498. The second-order valence-electron chi connectivity index (χ2n) is 9.70. The molecule has 0 atom stereocenters. The maximum Gasteiger partial charge on any atom is 0.387 e. The second-order valence-corrected chi connectivity index (χ2v) is 9.70. The highest BCUT2D eigenvalue weighted by atomic mass is 19.3. The zero-order valence-corrected chi connectivity index (χ0v) is 22.6. The summed E-state index contributed by atoms with van der Waals surface area (Å²) in [5, 5.41) is 0. The van der Waals surface area contributed by atoms with E-state index in [4.69, 9.17) is 4.98 Å². The molecule has 0 radical (unpaired) electrons. The fourth-order valence-electron chi connectivity index (χ4n) is 4.69. The molecule has 7 heteroatoms. The lowest BCUT2D eigenvalue weighted by atomic mass is 10.1. The zero-order valence-electron chi connectivity index (χ0n) is 22.6. The molecule has 0 saturated carbocycles. The molecule has 4 nitrogen and oxygen atoms in total. The monoisotopic (exact) mass is 535 g/mol. The van der Waals surface area contributed by atoms with Crippen molar-refractivity contribution in [1.82, 2.24) is 14.5 Å². The first-order valence-corrected chi connectivity index (χ1v) is 13.6. The van der Waals surface area contributed by atoms with Crippen LogP contribution < -0.4 is 4.74 Å². The number of rotatable bonds is 14. The second kappa shape index (κ2) is 14.0. The van der Waals surface area contributed by atoms with Crippen molar-refractivity contribution >= 4 is 0 Å². The summed E-state index contributed by atoms with van der Waals surface area (Å²) in [5.74, 6) is 0.776. The van der Waals surface area contributed by atoms with Crippen molar-refractivity contribution in [1.29, 1.82) is 0 Å². The number of aromatic nitrogens is 2. The van der Waals surface area contributed by atoms with Gasteiger partial charge in [0.05, 0.1) is 11.4 Å². The minimum absolute atomic E-state index is 0.151. The molecule has 3 aromatic carbocycles. The van der Waals surface area contributed by atoms with E-state index in [1.54, 1.807) is 24.3 Å². The molecule has 206 valence electrons. The number of unbranched alkanes of at least 4 members (excludes halogenated alkanes) is 2. The van der Waals surface area contributed by atoms with Crippen LogP contribution in [0.25, 0.3) is 22.6 Å². The molecule has 0 aliphatic heterocycles. The van der Waals surface area contributed by atoms with Crippen LogP contribution >= 0.6 is 0 Å². The maximum atomic E-state index is 13.8. The molecule has 1 heterocycles. The van der Waals surface area contributed by atoms with Crippen molar-refractivity contribution in [2.75, 3.05) is 6.54 Å². The number of alkyl halides is 2. The van der Waals surface area contributed by atoms with Crippen LogP contribution in [0.3, 0.4) is 0 Å². The molecule has 0 N–H and O–H groups in total. The van der Waals surface area contributed by atoms with Gasteiger partial charge in [0.25, 0.3) is 0 Å². The molecule has 0 aliphatic carbocycles. The van der Waals surface area contributed by atoms with Crippen LogP contribution in [0, 0.1) is 5.82 Å². The summed E-state index contributed by atoms with van der Waals surface area (Å²) < 4.78 is 45.9. The van der Waals surface area contributed by atoms with Crippen molar-refractivity contribution in [2.24, 2.45) is 0 Å². The summed E-state index contributed by atoms with van der Waals surface area (Å²) in [6, 6.07) is 23.5. The summed E-state index contributed by atoms with van der Waals surface area (Å²) in [4.78, 5) is 7.51. The van der Waals surface area contributed by atoms with Crippen LogP contribution in [0.4, 0.5) is 13.2 Å². The summed E-state index contributed by atoms with van der Waals surface area (Å²) in [7, 11) is 0. The predicted octanol–water partition coefficient (Wildman–Crippen LogP) is 8.56. The third-order valence-electron chi connectivity index (χ3n) is 6.71. The fraction of sp³-hybridized carbons (Fsp3) is 0.344. The van der Waals surface area contributed by atoms with Gasteiger partial charge in [-0.15, -0.1) is 0 Å². The van der Waals surface area contributed by atoms with Gasteiger partial charge in [-0.3, -0.25) is 4.90 Å². The van der Waals surface area contributed by atoms with Crippen molar-refractivity contribution < 1.29 is 17.9 Å². The SMILES string of the molecule is CCCCN(Cc1ccc(OC(F)F)cc1)Cc1c(-c2ccc(F)cc2)nc(-c2ccccc2)n1CCCC. The Morgan fingerprint density at radius 3 is 2.15 bits per heavy atom. The van der Waals surface area contributed by atoms with Crippen LogP contribution in [-0.4, -0.2) is 27.6 Å². The average Bonchev–Trinajstić information content (AvgIpc) is 3.30. The highest BCUT2D eigenvalue weighted by Crippen LogP contribution is 2.32. The summed E-state index contributed by atoms with van der Waals surface area (Å²) in [5.41, 5.74) is 4.87. The van der Waals surface area contributed by atoms with Crippen molar-refractivity contribution in [2.45, 2.75) is 65.8 Å². The Hall–Kier alpha value is -3.58. The summed E-state index contributed by atoms with van der Waals surface area (Å²) in [6.07, 6.45) is 4.12. The number of ether oxygens (including phenoxy) is 1. The van der Waals surface area contributed by atoms with Crippen molar-refractivity contribution in [3.8, 4) is 28.4 Å². The van der Waals surface area contributed by atoms with E-state index in [-0.39, 0.29) is 11.6 Å². The zero-order chi connectivity index (χ0) is 27.6. The molecule has 0 amide bonds. The lowest BCUT2D eigenvalue weighted by Crippen LogP contribution is -2.26. The van der Waals surface area contributed by atoms with E-state index in [0.29, 0.717) is 13.1 Å². The Bertz CT molecular complexity index is 1290. The Morgan fingerprint density at radius 2 is 1.51 bits per heavy atom. The summed E-state index contributed by atoms with van der Waals surface area (Å²) in [6.45, 7) is 4.48. The minimum atomic E-state index is -2.84. The molecular formula is C32H36F3N3O. The average molecular weight is 536 g/mol. The smallest absolute Gasteiger partial charge is 0.387 e. The van der Waals surface area contributed by atoms with Gasteiger partial charge in [-0.25, -0.2) is 9.37 Å². The van der Waals surface area contributed by atoms with Crippen LogP contribution in [0.5, 0.6) is 5.75 Å². The lowest BCUT2D eigenvalue weighted by Gasteiger charge is -2.24. The third kappa shape index (κ3) is 7.73. The molecule has 4 aromatic rings. The van der Waals surface area contributed by atoms with E-state index < -0.39 is 6.61 Å². The first-order chi connectivity index (χ1) is 19.0.